The fraction of sp³-hybridized carbons (Fsp3) is 0.545. The number of carbonyl (C=O) groups excluding carboxylic acids is 1. The third kappa shape index (κ3) is 5.49. The van der Waals surface area contributed by atoms with Crippen molar-refractivity contribution in [3.05, 3.63) is 12.4 Å². The van der Waals surface area contributed by atoms with Crippen LogP contribution in [0.15, 0.2) is 17.3 Å². The van der Waals surface area contributed by atoms with Gasteiger partial charge in [-0.05, 0) is 12.8 Å². The highest BCUT2D eigenvalue weighted by molar-refractivity contribution is 7.89. The number of carbonyl (C=O) groups is 1. The summed E-state index contributed by atoms with van der Waals surface area (Å²) in [5.41, 5.74) is 4.97. The SMILES string of the molecule is CCCNc1ncc(S(=O)(=O)NCCCC(N)=O)cn1. The Balaban J connectivity index is 2.56. The van der Waals surface area contributed by atoms with Crippen molar-refractivity contribution in [1.82, 2.24) is 14.7 Å². The number of anilines is 1. The van der Waals surface area contributed by atoms with E-state index < -0.39 is 15.9 Å². The van der Waals surface area contributed by atoms with Crippen LogP contribution < -0.4 is 15.8 Å². The van der Waals surface area contributed by atoms with Crippen molar-refractivity contribution in [2.24, 2.45) is 5.73 Å². The van der Waals surface area contributed by atoms with Gasteiger partial charge >= 0.3 is 0 Å². The summed E-state index contributed by atoms with van der Waals surface area (Å²) in [4.78, 5) is 18.4. The van der Waals surface area contributed by atoms with E-state index in [0.717, 1.165) is 13.0 Å². The van der Waals surface area contributed by atoms with Gasteiger partial charge in [0.2, 0.25) is 21.9 Å². The van der Waals surface area contributed by atoms with Crippen LogP contribution in [0.1, 0.15) is 26.2 Å². The van der Waals surface area contributed by atoms with E-state index in [4.69, 9.17) is 5.73 Å². The molecule has 0 fully saturated rings. The Hall–Kier alpha value is -1.74. The van der Waals surface area contributed by atoms with Gasteiger partial charge in [0.25, 0.3) is 0 Å². The summed E-state index contributed by atoms with van der Waals surface area (Å²) >= 11 is 0. The second-order valence-electron chi connectivity index (χ2n) is 4.14. The summed E-state index contributed by atoms with van der Waals surface area (Å²) < 4.78 is 26.1. The molecule has 1 aromatic heterocycles. The maximum atomic E-state index is 11.9. The van der Waals surface area contributed by atoms with Crippen molar-refractivity contribution < 1.29 is 13.2 Å². The highest BCUT2D eigenvalue weighted by atomic mass is 32.2. The number of hydrogen-bond acceptors (Lipinski definition) is 6. The maximum absolute atomic E-state index is 11.9. The lowest BCUT2D eigenvalue weighted by molar-refractivity contribution is -0.118. The lowest BCUT2D eigenvalue weighted by Gasteiger charge is -2.06. The maximum Gasteiger partial charge on any atom is 0.243 e. The topological polar surface area (TPSA) is 127 Å². The normalized spacial score (nSPS) is 11.2. The Morgan fingerprint density at radius 2 is 1.95 bits per heavy atom. The van der Waals surface area contributed by atoms with Gasteiger partial charge < -0.3 is 11.1 Å². The lowest BCUT2D eigenvalue weighted by atomic mass is 10.3. The Kier molecular flexibility index (Phi) is 6.32. The lowest BCUT2D eigenvalue weighted by Crippen LogP contribution is -2.26. The number of aromatic nitrogens is 2. The first-order valence-electron chi connectivity index (χ1n) is 6.29. The molecule has 1 amide bonds. The predicted octanol–water partition coefficient (Wildman–Crippen LogP) is -0.158. The van der Waals surface area contributed by atoms with Gasteiger partial charge in [0.1, 0.15) is 4.90 Å². The van der Waals surface area contributed by atoms with Crippen LogP contribution in [0.4, 0.5) is 5.95 Å². The third-order valence-corrected chi connectivity index (χ3v) is 3.78. The Morgan fingerprint density at radius 3 is 2.50 bits per heavy atom. The van der Waals surface area contributed by atoms with Crippen molar-refractivity contribution in [2.45, 2.75) is 31.1 Å². The van der Waals surface area contributed by atoms with Crippen molar-refractivity contribution in [3.63, 3.8) is 0 Å². The number of amides is 1. The van der Waals surface area contributed by atoms with Crippen molar-refractivity contribution in [2.75, 3.05) is 18.4 Å². The zero-order chi connectivity index (χ0) is 15.0. The molecule has 4 N–H and O–H groups in total. The number of sulfonamides is 1. The van der Waals surface area contributed by atoms with Crippen molar-refractivity contribution in [1.29, 1.82) is 0 Å². The number of nitrogens with zero attached hydrogens (tertiary/aromatic N) is 2. The first-order valence-corrected chi connectivity index (χ1v) is 7.78. The van der Waals surface area contributed by atoms with Crippen molar-refractivity contribution in [3.8, 4) is 0 Å². The van der Waals surface area contributed by atoms with Gasteiger partial charge in [-0.2, -0.15) is 0 Å². The average molecular weight is 301 g/mol. The Labute approximate surface area is 118 Å². The van der Waals surface area contributed by atoms with E-state index in [1.807, 2.05) is 6.92 Å². The molecule has 0 spiro atoms. The number of primary amides is 1. The molecule has 0 unspecified atom stereocenters. The number of nitrogens with one attached hydrogen (secondary N) is 2. The Bertz CT molecular complexity index is 529. The van der Waals surface area contributed by atoms with Crippen LogP contribution in [0.25, 0.3) is 0 Å². The van der Waals surface area contributed by atoms with Gasteiger partial charge in [0, 0.05) is 19.5 Å². The van der Waals surface area contributed by atoms with Crippen LogP contribution in [-0.2, 0) is 14.8 Å². The van der Waals surface area contributed by atoms with E-state index in [1.165, 1.54) is 12.4 Å². The van der Waals surface area contributed by atoms with E-state index in [0.29, 0.717) is 12.4 Å². The molecule has 0 aliphatic heterocycles. The monoisotopic (exact) mass is 301 g/mol. The standard InChI is InChI=1S/C11H19N5O3S/c1-2-5-13-11-14-7-9(8-15-11)20(18,19)16-6-3-4-10(12)17/h7-8,16H,2-6H2,1H3,(H2,12,17)(H,13,14,15). The quantitative estimate of drug-likeness (QED) is 0.544. The van der Waals surface area contributed by atoms with Crippen LogP contribution in [0.5, 0.6) is 0 Å². The highest BCUT2D eigenvalue weighted by Gasteiger charge is 2.14. The molecule has 20 heavy (non-hydrogen) atoms. The van der Waals surface area contributed by atoms with E-state index in [2.05, 4.69) is 20.0 Å². The van der Waals surface area contributed by atoms with Crippen LogP contribution in [-0.4, -0.2) is 37.4 Å². The average Bonchev–Trinajstić information content (AvgIpc) is 2.42. The molecule has 0 aromatic carbocycles. The summed E-state index contributed by atoms with van der Waals surface area (Å²) in [6.45, 7) is 2.86. The Morgan fingerprint density at radius 1 is 1.30 bits per heavy atom. The van der Waals surface area contributed by atoms with Crippen LogP contribution in [0, 0.1) is 0 Å². The molecular weight excluding hydrogens is 282 g/mol. The largest absolute Gasteiger partial charge is 0.370 e. The zero-order valence-electron chi connectivity index (χ0n) is 11.3. The van der Waals surface area contributed by atoms with Gasteiger partial charge in [-0.15, -0.1) is 0 Å². The molecule has 0 aliphatic carbocycles. The molecule has 0 bridgehead atoms. The first kappa shape index (κ1) is 16.3. The molecule has 9 heteroatoms. The molecule has 0 saturated heterocycles. The van der Waals surface area contributed by atoms with Gasteiger partial charge in [0.15, 0.2) is 0 Å². The molecule has 1 aromatic rings. The summed E-state index contributed by atoms with van der Waals surface area (Å²) in [6, 6.07) is 0. The van der Waals surface area contributed by atoms with E-state index in [-0.39, 0.29) is 17.9 Å². The van der Waals surface area contributed by atoms with E-state index in [1.54, 1.807) is 0 Å². The van der Waals surface area contributed by atoms with E-state index >= 15 is 0 Å². The van der Waals surface area contributed by atoms with Gasteiger partial charge in [-0.25, -0.2) is 23.1 Å². The molecule has 112 valence electrons. The van der Waals surface area contributed by atoms with E-state index in [9.17, 15) is 13.2 Å². The molecular formula is C11H19N5O3S. The minimum Gasteiger partial charge on any atom is -0.370 e. The second kappa shape index (κ2) is 7.75. The summed E-state index contributed by atoms with van der Waals surface area (Å²) in [7, 11) is -3.65. The minimum atomic E-state index is -3.65. The molecule has 0 radical (unpaired) electrons. The molecule has 1 heterocycles. The summed E-state index contributed by atoms with van der Waals surface area (Å²) in [5.74, 6) is -0.0709. The zero-order valence-corrected chi connectivity index (χ0v) is 12.1. The molecule has 1 rings (SSSR count). The number of hydrogen-bond donors (Lipinski definition) is 3. The van der Waals surface area contributed by atoms with Gasteiger partial charge in [-0.3, -0.25) is 4.79 Å². The van der Waals surface area contributed by atoms with Crippen molar-refractivity contribution >= 4 is 21.9 Å². The van der Waals surface area contributed by atoms with Crippen LogP contribution >= 0.6 is 0 Å². The third-order valence-electron chi connectivity index (χ3n) is 2.36. The summed E-state index contributed by atoms with van der Waals surface area (Å²) in [5, 5.41) is 2.95. The fourth-order valence-electron chi connectivity index (χ4n) is 1.34. The first-order chi connectivity index (χ1) is 9.45. The molecule has 8 nitrogen and oxygen atoms in total. The second-order valence-corrected chi connectivity index (χ2v) is 5.90. The molecule has 0 atom stereocenters. The number of rotatable bonds is 9. The molecule has 0 saturated carbocycles. The van der Waals surface area contributed by atoms with Crippen LogP contribution in [0.2, 0.25) is 0 Å². The molecule has 0 aliphatic rings. The predicted molar refractivity (Wildman–Crippen MR) is 74.4 cm³/mol. The fourth-order valence-corrected chi connectivity index (χ4v) is 2.30. The minimum absolute atomic E-state index is 0.0152. The van der Waals surface area contributed by atoms with Crippen LogP contribution in [0.3, 0.4) is 0 Å². The smallest absolute Gasteiger partial charge is 0.243 e. The van der Waals surface area contributed by atoms with Gasteiger partial charge in [0.05, 0.1) is 12.4 Å². The highest BCUT2D eigenvalue weighted by Crippen LogP contribution is 2.07. The number of nitrogens with two attached hydrogens (primary N) is 1. The summed E-state index contributed by atoms with van der Waals surface area (Å²) in [6.07, 6.45) is 3.89. The van der Waals surface area contributed by atoms with Gasteiger partial charge in [-0.1, -0.05) is 6.92 Å².